The number of amides is 1. The smallest absolute Gasteiger partial charge is 0.257 e. The number of nitrogens with one attached hydrogen (secondary N) is 1. The van der Waals surface area contributed by atoms with Crippen molar-refractivity contribution in [2.45, 2.75) is 0 Å². The lowest BCUT2D eigenvalue weighted by molar-refractivity contribution is 0.102. The lowest BCUT2D eigenvalue weighted by atomic mass is 10.1. The van der Waals surface area contributed by atoms with Crippen LogP contribution in [0.1, 0.15) is 10.4 Å². The van der Waals surface area contributed by atoms with Gasteiger partial charge in [-0.25, -0.2) is 0 Å². The summed E-state index contributed by atoms with van der Waals surface area (Å²) in [6.07, 6.45) is 3.71. The molecule has 1 N–H and O–H groups in total. The number of nitrogens with zero attached hydrogens (tertiary/aromatic N) is 2. The van der Waals surface area contributed by atoms with Gasteiger partial charge >= 0.3 is 0 Å². The molecular formula is C19H16ClN3O. The maximum absolute atomic E-state index is 12.6. The summed E-state index contributed by atoms with van der Waals surface area (Å²) in [6.45, 7) is 0. The van der Waals surface area contributed by atoms with Gasteiger partial charge in [0.05, 0.1) is 11.1 Å². The summed E-state index contributed by atoms with van der Waals surface area (Å²) in [5, 5.41) is 5.02. The minimum Gasteiger partial charge on any atom is -0.351 e. The molecule has 0 radical (unpaired) electrons. The minimum atomic E-state index is -0.149. The zero-order valence-electron chi connectivity index (χ0n) is 13.1. The molecule has 0 saturated carbocycles. The van der Waals surface area contributed by atoms with Crippen molar-refractivity contribution in [2.24, 2.45) is 7.05 Å². The number of para-hydroxylation sites is 1. The first kappa shape index (κ1) is 16.0. The van der Waals surface area contributed by atoms with Gasteiger partial charge in [0.25, 0.3) is 5.91 Å². The second-order valence-electron chi connectivity index (χ2n) is 5.54. The maximum atomic E-state index is 12.6. The number of hydrogen-bond acceptors (Lipinski definition) is 2. The van der Waals surface area contributed by atoms with E-state index in [2.05, 4.69) is 14.9 Å². The molecule has 2 heterocycles. The van der Waals surface area contributed by atoms with E-state index in [9.17, 15) is 4.79 Å². The van der Waals surface area contributed by atoms with Gasteiger partial charge < -0.3 is 9.88 Å². The van der Waals surface area contributed by atoms with Crippen LogP contribution in [0.2, 0.25) is 0 Å². The van der Waals surface area contributed by atoms with E-state index in [1.807, 2.05) is 61.8 Å². The third-order valence-corrected chi connectivity index (χ3v) is 4.02. The highest BCUT2D eigenvalue weighted by Gasteiger charge is 2.11. The zero-order valence-corrected chi connectivity index (χ0v) is 13.9. The van der Waals surface area contributed by atoms with E-state index < -0.39 is 0 Å². The first-order valence-corrected chi connectivity index (χ1v) is 7.42. The average molecular weight is 338 g/mol. The molecule has 0 aliphatic heterocycles. The van der Waals surface area contributed by atoms with Gasteiger partial charge in [0.15, 0.2) is 0 Å². The molecule has 0 saturated heterocycles. The first-order valence-electron chi connectivity index (χ1n) is 7.42. The Hall–Kier alpha value is -2.85. The predicted octanol–water partition coefficient (Wildman–Crippen LogP) is 4.40. The average Bonchev–Trinajstić information content (AvgIpc) is 2.95. The van der Waals surface area contributed by atoms with Crippen molar-refractivity contribution in [3.8, 4) is 0 Å². The van der Waals surface area contributed by atoms with Crippen molar-refractivity contribution in [3.63, 3.8) is 0 Å². The van der Waals surface area contributed by atoms with Gasteiger partial charge in [-0.15, -0.1) is 12.4 Å². The number of halogens is 1. The van der Waals surface area contributed by atoms with E-state index >= 15 is 0 Å². The Morgan fingerprint density at radius 1 is 1.04 bits per heavy atom. The number of carbonyl (C=O) groups excluding carboxylic acids is 1. The summed E-state index contributed by atoms with van der Waals surface area (Å²) in [5.74, 6) is -0.149. The lowest BCUT2D eigenvalue weighted by Gasteiger charge is -2.08. The van der Waals surface area contributed by atoms with Crippen molar-refractivity contribution in [2.75, 3.05) is 5.32 Å². The number of aromatic nitrogens is 2. The van der Waals surface area contributed by atoms with Crippen LogP contribution in [0, 0.1) is 0 Å². The van der Waals surface area contributed by atoms with Crippen LogP contribution in [0.4, 0.5) is 5.69 Å². The molecule has 2 aromatic carbocycles. The van der Waals surface area contributed by atoms with Crippen molar-refractivity contribution in [1.82, 2.24) is 9.55 Å². The summed E-state index contributed by atoms with van der Waals surface area (Å²) in [6, 6.07) is 17.4. The van der Waals surface area contributed by atoms with Crippen LogP contribution in [0.3, 0.4) is 0 Å². The highest BCUT2D eigenvalue weighted by Crippen LogP contribution is 2.21. The Labute approximate surface area is 145 Å². The number of fused-ring (bicyclic) bond motifs is 2. The van der Waals surface area contributed by atoms with Crippen molar-refractivity contribution in [3.05, 3.63) is 72.6 Å². The van der Waals surface area contributed by atoms with E-state index in [0.717, 1.165) is 22.0 Å². The minimum absolute atomic E-state index is 0. The molecule has 0 bridgehead atoms. The van der Waals surface area contributed by atoms with Gasteiger partial charge in [-0.05, 0) is 36.4 Å². The number of hydrogen-bond donors (Lipinski definition) is 1. The molecule has 5 heteroatoms. The molecule has 1 amide bonds. The maximum Gasteiger partial charge on any atom is 0.257 e. The number of aryl methyl sites for hydroxylation is 1. The number of rotatable bonds is 2. The largest absolute Gasteiger partial charge is 0.351 e. The molecule has 0 unspecified atom stereocenters. The fraction of sp³-hybridized carbons (Fsp3) is 0.0526. The van der Waals surface area contributed by atoms with E-state index in [-0.39, 0.29) is 18.3 Å². The second-order valence-corrected chi connectivity index (χ2v) is 5.54. The molecule has 4 nitrogen and oxygen atoms in total. The van der Waals surface area contributed by atoms with Crippen molar-refractivity contribution < 1.29 is 4.79 Å². The Morgan fingerprint density at radius 3 is 2.75 bits per heavy atom. The molecule has 0 fully saturated rings. The van der Waals surface area contributed by atoms with E-state index in [1.165, 1.54) is 0 Å². The third-order valence-electron chi connectivity index (χ3n) is 4.02. The van der Waals surface area contributed by atoms with Gasteiger partial charge in [0, 0.05) is 41.4 Å². The number of anilines is 1. The third kappa shape index (κ3) is 2.72. The number of benzene rings is 2. The normalized spacial score (nSPS) is 10.5. The fourth-order valence-electron chi connectivity index (χ4n) is 2.85. The van der Waals surface area contributed by atoms with Crippen LogP contribution in [0.25, 0.3) is 21.8 Å². The van der Waals surface area contributed by atoms with E-state index in [1.54, 1.807) is 12.3 Å². The van der Waals surface area contributed by atoms with Crippen LogP contribution in [0.5, 0.6) is 0 Å². The first-order chi connectivity index (χ1) is 11.2. The van der Waals surface area contributed by atoms with Crippen LogP contribution in [0.15, 0.2) is 67.0 Å². The van der Waals surface area contributed by atoms with Gasteiger partial charge in [0.2, 0.25) is 0 Å². The molecule has 4 aromatic rings. The van der Waals surface area contributed by atoms with Gasteiger partial charge in [0.1, 0.15) is 0 Å². The standard InChI is InChI=1S/C19H15N3O.ClH/c1-22-11-9-14-12-15(7-8-17(14)22)21-19(23)16-6-2-4-13-5-3-10-20-18(13)16;/h2-12H,1H3,(H,21,23);1H. The molecule has 0 aliphatic carbocycles. The fourth-order valence-corrected chi connectivity index (χ4v) is 2.85. The van der Waals surface area contributed by atoms with Gasteiger partial charge in [-0.3, -0.25) is 9.78 Å². The Balaban J connectivity index is 0.00000169. The highest BCUT2D eigenvalue weighted by atomic mass is 35.5. The quantitative estimate of drug-likeness (QED) is 0.589. The summed E-state index contributed by atoms with van der Waals surface area (Å²) >= 11 is 0. The van der Waals surface area contributed by atoms with E-state index in [4.69, 9.17) is 0 Å². The monoisotopic (exact) mass is 337 g/mol. The van der Waals surface area contributed by atoms with E-state index in [0.29, 0.717) is 11.1 Å². The molecule has 4 rings (SSSR count). The van der Waals surface area contributed by atoms with Crippen molar-refractivity contribution >= 4 is 45.8 Å². The van der Waals surface area contributed by atoms with Crippen molar-refractivity contribution in [1.29, 1.82) is 0 Å². The number of pyridine rings is 1. The van der Waals surface area contributed by atoms with Crippen LogP contribution < -0.4 is 5.32 Å². The molecule has 0 spiro atoms. The van der Waals surface area contributed by atoms with Gasteiger partial charge in [-0.1, -0.05) is 18.2 Å². The Kier molecular flexibility index (Phi) is 4.23. The molecule has 0 aliphatic rings. The molecule has 120 valence electrons. The topological polar surface area (TPSA) is 46.9 Å². The van der Waals surface area contributed by atoms with Crippen LogP contribution >= 0.6 is 12.4 Å². The zero-order chi connectivity index (χ0) is 15.8. The SMILES string of the molecule is Cl.Cn1ccc2cc(NC(=O)c3cccc4cccnc34)ccc21. The van der Waals surface area contributed by atoms with Gasteiger partial charge in [-0.2, -0.15) is 0 Å². The van der Waals surface area contributed by atoms with Crippen LogP contribution in [-0.4, -0.2) is 15.5 Å². The highest BCUT2D eigenvalue weighted by molar-refractivity contribution is 6.12. The number of carbonyl (C=O) groups is 1. The van der Waals surface area contributed by atoms with Crippen LogP contribution in [-0.2, 0) is 7.05 Å². The molecule has 24 heavy (non-hydrogen) atoms. The Bertz CT molecular complexity index is 1030. The summed E-state index contributed by atoms with van der Waals surface area (Å²) in [7, 11) is 2.00. The molecule has 0 atom stereocenters. The predicted molar refractivity (Wildman–Crippen MR) is 99.9 cm³/mol. The molecule has 2 aromatic heterocycles. The summed E-state index contributed by atoms with van der Waals surface area (Å²) < 4.78 is 2.05. The second kappa shape index (κ2) is 6.34. The summed E-state index contributed by atoms with van der Waals surface area (Å²) in [4.78, 5) is 16.9. The molecular weight excluding hydrogens is 322 g/mol. The Morgan fingerprint density at radius 2 is 1.88 bits per heavy atom. The summed E-state index contributed by atoms with van der Waals surface area (Å²) in [5.41, 5.74) is 3.21. The lowest BCUT2D eigenvalue weighted by Crippen LogP contribution is -2.12.